The molecule has 0 fully saturated rings. The molecule has 3 rings (SSSR count). The lowest BCUT2D eigenvalue weighted by Gasteiger charge is -2.12. The van der Waals surface area contributed by atoms with E-state index >= 15 is 0 Å². The number of benzene rings is 2. The van der Waals surface area contributed by atoms with Crippen molar-refractivity contribution in [2.24, 2.45) is 0 Å². The van der Waals surface area contributed by atoms with E-state index in [4.69, 9.17) is 32.6 Å². The quantitative estimate of drug-likeness (QED) is 0.284. The average molecular weight is 490 g/mol. The number of halogens is 2. The Morgan fingerprint density at radius 1 is 1.00 bits per heavy atom. The SMILES string of the molecule is CCCCCCOc1c(Cl)cc(C(=O)Nc2nonc2-c2cc(CC)ccc2CC)cc1Cl. The van der Waals surface area contributed by atoms with Crippen LogP contribution < -0.4 is 10.1 Å². The molecule has 6 nitrogen and oxygen atoms in total. The van der Waals surface area contributed by atoms with Crippen molar-refractivity contribution in [2.45, 2.75) is 59.3 Å². The van der Waals surface area contributed by atoms with Crippen LogP contribution in [-0.2, 0) is 12.8 Å². The molecule has 2 aromatic carbocycles. The molecule has 1 heterocycles. The Kier molecular flexibility index (Phi) is 9.15. The minimum absolute atomic E-state index is 0.242. The van der Waals surface area contributed by atoms with Crippen molar-refractivity contribution in [1.82, 2.24) is 10.3 Å². The number of unbranched alkanes of at least 4 members (excludes halogenated alkanes) is 3. The van der Waals surface area contributed by atoms with E-state index in [1.807, 2.05) is 0 Å². The normalized spacial score (nSPS) is 10.9. The summed E-state index contributed by atoms with van der Waals surface area (Å²) >= 11 is 12.7. The molecule has 0 saturated carbocycles. The summed E-state index contributed by atoms with van der Waals surface area (Å²) in [7, 11) is 0. The van der Waals surface area contributed by atoms with E-state index in [2.05, 4.69) is 54.6 Å². The van der Waals surface area contributed by atoms with Gasteiger partial charge in [0.2, 0.25) is 5.82 Å². The maximum absolute atomic E-state index is 12.9. The van der Waals surface area contributed by atoms with Crippen molar-refractivity contribution in [3.8, 4) is 17.0 Å². The second-order valence-corrected chi connectivity index (χ2v) is 8.61. The Morgan fingerprint density at radius 3 is 2.42 bits per heavy atom. The van der Waals surface area contributed by atoms with Crippen LogP contribution in [0.25, 0.3) is 11.3 Å². The fourth-order valence-corrected chi connectivity index (χ4v) is 4.13. The topological polar surface area (TPSA) is 77.2 Å². The Bertz CT molecular complexity index is 1080. The minimum Gasteiger partial charge on any atom is -0.490 e. The molecule has 0 aliphatic carbocycles. The molecule has 8 heteroatoms. The number of aromatic nitrogens is 2. The van der Waals surface area contributed by atoms with E-state index in [1.165, 1.54) is 12.1 Å². The van der Waals surface area contributed by atoms with E-state index in [-0.39, 0.29) is 21.4 Å². The van der Waals surface area contributed by atoms with Crippen LogP contribution in [0.5, 0.6) is 5.75 Å². The summed E-state index contributed by atoms with van der Waals surface area (Å²) in [6, 6.07) is 9.27. The van der Waals surface area contributed by atoms with Crippen molar-refractivity contribution >= 4 is 34.9 Å². The molecular weight excluding hydrogens is 461 g/mol. The molecular formula is C25H29Cl2N3O3. The van der Waals surface area contributed by atoms with Crippen molar-refractivity contribution in [3.05, 3.63) is 57.1 Å². The largest absolute Gasteiger partial charge is 0.490 e. The number of nitrogens with one attached hydrogen (secondary N) is 1. The molecule has 0 bridgehead atoms. The summed E-state index contributed by atoms with van der Waals surface area (Å²) in [5, 5.41) is 11.3. The first-order valence-electron chi connectivity index (χ1n) is 11.4. The average Bonchev–Trinajstić information content (AvgIpc) is 3.27. The van der Waals surface area contributed by atoms with Gasteiger partial charge in [-0.25, -0.2) is 4.63 Å². The van der Waals surface area contributed by atoms with Crippen molar-refractivity contribution in [1.29, 1.82) is 0 Å². The van der Waals surface area contributed by atoms with E-state index < -0.39 is 5.91 Å². The molecule has 3 aromatic rings. The van der Waals surface area contributed by atoms with Gasteiger partial charge in [0, 0.05) is 11.1 Å². The van der Waals surface area contributed by atoms with Crippen LogP contribution in [0.15, 0.2) is 35.0 Å². The van der Waals surface area contributed by atoms with Crippen molar-refractivity contribution in [2.75, 3.05) is 11.9 Å². The van der Waals surface area contributed by atoms with Crippen molar-refractivity contribution < 1.29 is 14.2 Å². The van der Waals surface area contributed by atoms with E-state index in [1.54, 1.807) is 0 Å². The highest BCUT2D eigenvalue weighted by molar-refractivity contribution is 6.37. The molecule has 1 amide bonds. The Hall–Kier alpha value is -2.57. The molecule has 0 aliphatic rings. The molecule has 0 saturated heterocycles. The first-order valence-corrected chi connectivity index (χ1v) is 12.1. The molecule has 1 N–H and O–H groups in total. The number of anilines is 1. The molecule has 33 heavy (non-hydrogen) atoms. The molecule has 0 unspecified atom stereocenters. The number of hydrogen-bond acceptors (Lipinski definition) is 5. The maximum atomic E-state index is 12.9. The predicted octanol–water partition coefficient (Wildman–Crippen LogP) is 7.38. The lowest BCUT2D eigenvalue weighted by atomic mass is 9.98. The lowest BCUT2D eigenvalue weighted by Crippen LogP contribution is -2.13. The minimum atomic E-state index is -0.421. The summed E-state index contributed by atoms with van der Waals surface area (Å²) in [6.07, 6.45) is 6.01. The Balaban J connectivity index is 1.78. The van der Waals surface area contributed by atoms with E-state index in [0.29, 0.717) is 18.1 Å². The van der Waals surface area contributed by atoms with Crippen LogP contribution in [0, 0.1) is 0 Å². The number of carbonyl (C=O) groups is 1. The Labute approximate surface area is 204 Å². The summed E-state index contributed by atoms with van der Waals surface area (Å²) in [6.45, 7) is 6.82. The zero-order valence-corrected chi connectivity index (χ0v) is 20.7. The van der Waals surface area contributed by atoms with Gasteiger partial charge in [-0.2, -0.15) is 0 Å². The molecule has 0 radical (unpaired) electrons. The molecule has 176 valence electrons. The van der Waals surface area contributed by atoms with Gasteiger partial charge in [0.25, 0.3) is 5.91 Å². The van der Waals surface area contributed by atoms with Crippen LogP contribution in [0.1, 0.15) is 67.9 Å². The number of aryl methyl sites for hydroxylation is 2. The van der Waals surface area contributed by atoms with Crippen LogP contribution >= 0.6 is 23.2 Å². The Morgan fingerprint density at radius 2 is 1.76 bits per heavy atom. The number of rotatable bonds is 11. The summed E-state index contributed by atoms with van der Waals surface area (Å²) < 4.78 is 10.7. The number of ether oxygens (including phenoxy) is 1. The van der Waals surface area contributed by atoms with Gasteiger partial charge in [0.05, 0.1) is 16.7 Å². The number of hydrogen-bond donors (Lipinski definition) is 1. The van der Waals surface area contributed by atoms with Crippen LogP contribution in [0.3, 0.4) is 0 Å². The molecule has 0 spiro atoms. The number of amides is 1. The zero-order valence-electron chi connectivity index (χ0n) is 19.2. The third kappa shape index (κ3) is 6.27. The fraction of sp³-hybridized carbons (Fsp3) is 0.400. The standard InChI is InChI=1S/C25H29Cl2N3O3/c1-4-7-8-9-12-32-23-20(26)14-18(15-21(23)27)25(31)28-24-22(29-33-30-24)19-13-16(5-2)10-11-17(19)6-3/h10-11,13-15H,4-9,12H2,1-3H3,(H,28,30,31). The van der Waals surface area contributed by atoms with Crippen LogP contribution in [-0.4, -0.2) is 22.8 Å². The van der Waals surface area contributed by atoms with Gasteiger partial charge in [-0.1, -0.05) is 75.4 Å². The first-order chi connectivity index (χ1) is 16.0. The van der Waals surface area contributed by atoms with Crippen molar-refractivity contribution in [3.63, 3.8) is 0 Å². The summed E-state index contributed by atoms with van der Waals surface area (Å²) in [4.78, 5) is 12.9. The highest BCUT2D eigenvalue weighted by Gasteiger charge is 2.20. The predicted molar refractivity (Wildman–Crippen MR) is 133 cm³/mol. The smallest absolute Gasteiger partial charge is 0.257 e. The lowest BCUT2D eigenvalue weighted by molar-refractivity contribution is 0.102. The number of carbonyl (C=O) groups excluding carboxylic acids is 1. The van der Waals surface area contributed by atoms with Gasteiger partial charge in [0.15, 0.2) is 11.4 Å². The summed E-state index contributed by atoms with van der Waals surface area (Å²) in [5.74, 6) is 0.209. The molecule has 0 atom stereocenters. The maximum Gasteiger partial charge on any atom is 0.257 e. The van der Waals surface area contributed by atoms with Gasteiger partial charge in [-0.15, -0.1) is 0 Å². The first kappa shape index (κ1) is 25.1. The van der Waals surface area contributed by atoms with Gasteiger partial charge < -0.3 is 10.1 Å². The van der Waals surface area contributed by atoms with Gasteiger partial charge >= 0.3 is 0 Å². The van der Waals surface area contributed by atoms with Crippen LogP contribution in [0.2, 0.25) is 10.0 Å². The third-order valence-electron chi connectivity index (χ3n) is 5.44. The third-order valence-corrected chi connectivity index (χ3v) is 6.01. The van der Waals surface area contributed by atoms with E-state index in [9.17, 15) is 4.79 Å². The zero-order chi connectivity index (χ0) is 23.8. The second kappa shape index (κ2) is 12.1. The van der Waals surface area contributed by atoms with E-state index in [0.717, 1.165) is 55.2 Å². The van der Waals surface area contributed by atoms with Gasteiger partial charge in [0.1, 0.15) is 0 Å². The highest BCUT2D eigenvalue weighted by atomic mass is 35.5. The number of nitrogens with zero attached hydrogens (tertiary/aromatic N) is 2. The van der Waals surface area contributed by atoms with Gasteiger partial charge in [-0.05, 0) is 58.9 Å². The highest BCUT2D eigenvalue weighted by Crippen LogP contribution is 2.35. The van der Waals surface area contributed by atoms with Gasteiger partial charge in [-0.3, -0.25) is 4.79 Å². The fourth-order valence-electron chi connectivity index (χ4n) is 3.53. The second-order valence-electron chi connectivity index (χ2n) is 7.79. The van der Waals surface area contributed by atoms with Crippen LogP contribution in [0.4, 0.5) is 5.82 Å². The monoisotopic (exact) mass is 489 g/mol. The summed E-state index contributed by atoms with van der Waals surface area (Å²) in [5.41, 5.74) is 3.91. The molecule has 1 aromatic heterocycles. The molecule has 0 aliphatic heterocycles.